The van der Waals surface area contributed by atoms with Crippen molar-refractivity contribution in [2.24, 2.45) is 4.99 Å². The van der Waals surface area contributed by atoms with Crippen LogP contribution in [0, 0.1) is 0 Å². The zero-order chi connectivity index (χ0) is 24.2. The zero-order valence-electron chi connectivity index (χ0n) is 19.9. The largest absolute Gasteiger partial charge is 0.341 e. The van der Waals surface area contributed by atoms with Crippen LogP contribution in [0.1, 0.15) is 89.9 Å². The van der Waals surface area contributed by atoms with Gasteiger partial charge in [-0.1, -0.05) is 56.5 Å². The summed E-state index contributed by atoms with van der Waals surface area (Å²) in [5.41, 5.74) is 4.34. The lowest BCUT2D eigenvalue weighted by Crippen LogP contribution is -2.39. The van der Waals surface area contributed by atoms with E-state index in [1.807, 2.05) is 49.4 Å². The van der Waals surface area contributed by atoms with E-state index in [-0.39, 0.29) is 23.9 Å². The molecular weight excluding hydrogens is 456 g/mol. The summed E-state index contributed by atoms with van der Waals surface area (Å²) in [4.78, 5) is 34.3. The van der Waals surface area contributed by atoms with Crippen molar-refractivity contribution < 1.29 is 9.59 Å². The number of aromatic nitrogens is 1. The summed E-state index contributed by atoms with van der Waals surface area (Å²) in [6, 6.07) is 16.3. The maximum Gasteiger partial charge on any atom is 0.341 e. The monoisotopic (exact) mass is 486 g/mol. The van der Waals surface area contributed by atoms with Crippen LogP contribution in [0.15, 0.2) is 65.0 Å². The summed E-state index contributed by atoms with van der Waals surface area (Å²) in [6.45, 7) is 2.04. The number of benzene rings is 2. The molecule has 6 nitrogen and oxygen atoms in total. The predicted octanol–water partition coefficient (Wildman–Crippen LogP) is 6.84. The smallest absolute Gasteiger partial charge is 0.328 e. The predicted molar refractivity (Wildman–Crippen MR) is 141 cm³/mol. The summed E-state index contributed by atoms with van der Waals surface area (Å²) in [5, 5.41) is 9.23. The number of hydrogen-bond donors (Lipinski definition) is 2. The number of thiazole rings is 1. The van der Waals surface area contributed by atoms with Gasteiger partial charge in [-0.3, -0.25) is 4.79 Å². The maximum atomic E-state index is 12.5. The summed E-state index contributed by atoms with van der Waals surface area (Å²) in [6.07, 6.45) is 6.97. The summed E-state index contributed by atoms with van der Waals surface area (Å²) in [7, 11) is 0. The number of aliphatic imine (C=N–C) groups is 1. The molecule has 1 aliphatic heterocycles. The van der Waals surface area contributed by atoms with Crippen molar-refractivity contribution in [1.82, 2.24) is 10.3 Å². The van der Waals surface area contributed by atoms with Crippen LogP contribution in [0.4, 0.5) is 10.5 Å². The molecule has 7 heteroatoms. The Balaban J connectivity index is 1.39. The molecule has 2 aliphatic rings. The van der Waals surface area contributed by atoms with Crippen molar-refractivity contribution >= 4 is 34.7 Å². The van der Waals surface area contributed by atoms with E-state index in [2.05, 4.69) is 21.0 Å². The lowest BCUT2D eigenvalue weighted by molar-refractivity contribution is 0.102. The van der Waals surface area contributed by atoms with Crippen LogP contribution in [0.3, 0.4) is 0 Å². The molecule has 180 valence electrons. The molecule has 2 heterocycles. The van der Waals surface area contributed by atoms with Crippen LogP contribution < -0.4 is 10.6 Å². The highest BCUT2D eigenvalue weighted by molar-refractivity contribution is 7.09. The number of amides is 3. The van der Waals surface area contributed by atoms with Crippen molar-refractivity contribution in [2.45, 2.75) is 63.3 Å². The van der Waals surface area contributed by atoms with Gasteiger partial charge in [-0.25, -0.2) is 14.8 Å². The minimum atomic E-state index is -0.311. The first-order valence-electron chi connectivity index (χ1n) is 12.4. The average Bonchev–Trinajstić information content (AvgIpc) is 3.39. The lowest BCUT2D eigenvalue weighted by Gasteiger charge is -2.31. The van der Waals surface area contributed by atoms with Gasteiger partial charge < -0.3 is 10.6 Å². The fraction of sp³-hybridized carbons (Fsp3) is 0.357. The Morgan fingerprint density at radius 2 is 1.80 bits per heavy atom. The van der Waals surface area contributed by atoms with Crippen molar-refractivity contribution in [3.8, 4) is 0 Å². The molecule has 1 aliphatic carbocycles. The molecule has 2 atom stereocenters. The van der Waals surface area contributed by atoms with E-state index in [9.17, 15) is 9.59 Å². The van der Waals surface area contributed by atoms with Crippen LogP contribution in [0.2, 0.25) is 0 Å². The Morgan fingerprint density at radius 1 is 1.06 bits per heavy atom. The minimum Gasteiger partial charge on any atom is -0.328 e. The van der Waals surface area contributed by atoms with E-state index in [0.717, 1.165) is 16.3 Å². The molecule has 5 rings (SSSR count). The number of rotatable bonds is 6. The van der Waals surface area contributed by atoms with Gasteiger partial charge in [0.25, 0.3) is 5.91 Å². The fourth-order valence-corrected chi connectivity index (χ4v) is 6.16. The molecule has 0 spiro atoms. The SMILES string of the molecule is CCC1=NC(=O)NC(c2ccc(NC(=O)c3ccccc3)cc2)C1c1nc(C2CCCCC2)cs1. The number of carbonyl (C=O) groups excluding carboxylic acids is 2. The van der Waals surface area contributed by atoms with Gasteiger partial charge in [-0.15, -0.1) is 11.3 Å². The molecular formula is C28H30N4O2S. The Labute approximate surface area is 209 Å². The molecule has 0 saturated heterocycles. The van der Waals surface area contributed by atoms with Crippen LogP contribution in [-0.2, 0) is 0 Å². The van der Waals surface area contributed by atoms with Gasteiger partial charge in [0.05, 0.1) is 17.7 Å². The van der Waals surface area contributed by atoms with Gasteiger partial charge in [0.15, 0.2) is 0 Å². The van der Waals surface area contributed by atoms with Gasteiger partial charge in [-0.2, -0.15) is 0 Å². The topological polar surface area (TPSA) is 83.5 Å². The molecule has 0 radical (unpaired) electrons. The number of urea groups is 1. The third-order valence-electron chi connectivity index (χ3n) is 6.97. The standard InChI is InChI=1S/C28H30N4O2S/c1-2-22-24(27-30-23(17-35-27)18-9-5-3-6-10-18)25(32-28(34)31-22)19-13-15-21(16-14-19)29-26(33)20-11-7-4-8-12-20/h4,7-8,11-18,24-25H,2-3,5-6,9-10H2,1H3,(H,29,33)(H,32,34). The maximum absolute atomic E-state index is 12.5. The van der Waals surface area contributed by atoms with Gasteiger partial charge in [-0.05, 0) is 49.1 Å². The van der Waals surface area contributed by atoms with Crippen molar-refractivity contribution in [3.05, 3.63) is 81.8 Å². The number of nitrogens with one attached hydrogen (secondary N) is 2. The Hall–Kier alpha value is -3.32. The van der Waals surface area contributed by atoms with E-state index < -0.39 is 0 Å². The number of anilines is 1. The van der Waals surface area contributed by atoms with E-state index in [1.54, 1.807) is 23.5 Å². The third-order valence-corrected chi connectivity index (χ3v) is 7.92. The highest BCUT2D eigenvalue weighted by atomic mass is 32.1. The highest BCUT2D eigenvalue weighted by Crippen LogP contribution is 2.40. The van der Waals surface area contributed by atoms with Crippen molar-refractivity contribution in [2.75, 3.05) is 5.32 Å². The third kappa shape index (κ3) is 5.20. The van der Waals surface area contributed by atoms with Gasteiger partial charge in [0, 0.05) is 28.3 Å². The Kier molecular flexibility index (Phi) is 7.04. The normalized spacial score (nSPS) is 20.7. The first kappa shape index (κ1) is 23.4. The number of nitrogens with zero attached hydrogens (tertiary/aromatic N) is 2. The van der Waals surface area contributed by atoms with Crippen LogP contribution in [-0.4, -0.2) is 22.6 Å². The van der Waals surface area contributed by atoms with Gasteiger partial charge in [0.2, 0.25) is 0 Å². The van der Waals surface area contributed by atoms with Crippen LogP contribution >= 0.6 is 11.3 Å². The summed E-state index contributed by atoms with van der Waals surface area (Å²) < 4.78 is 0. The number of hydrogen-bond acceptors (Lipinski definition) is 4. The second kappa shape index (κ2) is 10.5. The van der Waals surface area contributed by atoms with Crippen molar-refractivity contribution in [3.63, 3.8) is 0 Å². The molecule has 2 unspecified atom stereocenters. The van der Waals surface area contributed by atoms with E-state index in [4.69, 9.17) is 4.98 Å². The molecule has 1 saturated carbocycles. The first-order chi connectivity index (χ1) is 17.1. The molecule has 2 aromatic carbocycles. The molecule has 3 aromatic rings. The highest BCUT2D eigenvalue weighted by Gasteiger charge is 2.36. The molecule has 0 bridgehead atoms. The molecule has 1 fully saturated rings. The molecule has 35 heavy (non-hydrogen) atoms. The zero-order valence-corrected chi connectivity index (χ0v) is 20.7. The molecule has 3 amide bonds. The second-order valence-electron chi connectivity index (χ2n) is 9.25. The number of carbonyl (C=O) groups is 2. The van der Waals surface area contributed by atoms with Crippen molar-refractivity contribution in [1.29, 1.82) is 0 Å². The first-order valence-corrected chi connectivity index (χ1v) is 13.3. The quantitative estimate of drug-likeness (QED) is 0.400. The summed E-state index contributed by atoms with van der Waals surface area (Å²) >= 11 is 1.68. The van der Waals surface area contributed by atoms with E-state index in [0.29, 0.717) is 23.6 Å². The van der Waals surface area contributed by atoms with E-state index >= 15 is 0 Å². The van der Waals surface area contributed by atoms with Crippen LogP contribution in [0.5, 0.6) is 0 Å². The minimum absolute atomic E-state index is 0.0928. The van der Waals surface area contributed by atoms with Gasteiger partial charge >= 0.3 is 6.03 Å². The second-order valence-corrected chi connectivity index (χ2v) is 10.1. The Morgan fingerprint density at radius 3 is 2.51 bits per heavy atom. The van der Waals surface area contributed by atoms with E-state index in [1.165, 1.54) is 37.8 Å². The summed E-state index contributed by atoms with van der Waals surface area (Å²) in [5.74, 6) is 0.297. The average molecular weight is 487 g/mol. The van der Waals surface area contributed by atoms with Crippen LogP contribution in [0.25, 0.3) is 0 Å². The van der Waals surface area contributed by atoms with Gasteiger partial charge in [0.1, 0.15) is 5.01 Å². The molecule has 2 N–H and O–H groups in total. The Bertz CT molecular complexity index is 1210. The lowest BCUT2D eigenvalue weighted by atomic mass is 9.86. The molecule has 1 aromatic heterocycles. The fourth-order valence-electron chi connectivity index (χ4n) is 5.10.